The molecule has 0 fully saturated rings. The zero-order valence-electron chi connectivity index (χ0n) is 12.5. The molecular formula is C15H24N2O3. The van der Waals surface area contributed by atoms with Gasteiger partial charge in [-0.1, -0.05) is 13.3 Å². The fraction of sp³-hybridized carbons (Fsp3) is 0.533. The summed E-state index contributed by atoms with van der Waals surface area (Å²) in [6.45, 7) is 2.97. The molecule has 0 saturated heterocycles. The first-order valence-corrected chi connectivity index (χ1v) is 6.86. The number of nitrogens with two attached hydrogens (primary N) is 1. The molecule has 0 bridgehead atoms. The van der Waals surface area contributed by atoms with Crippen LogP contribution in [0.5, 0.6) is 11.5 Å². The molecule has 1 aromatic carbocycles. The third-order valence-electron chi connectivity index (χ3n) is 3.05. The molecule has 5 heteroatoms. The van der Waals surface area contributed by atoms with E-state index in [2.05, 4.69) is 0 Å². The Balaban J connectivity index is 2.33. The van der Waals surface area contributed by atoms with Gasteiger partial charge in [-0.15, -0.1) is 0 Å². The first-order valence-electron chi connectivity index (χ1n) is 6.86. The van der Waals surface area contributed by atoms with Crippen LogP contribution in [0.3, 0.4) is 0 Å². The molecule has 1 amide bonds. The molecular weight excluding hydrogens is 256 g/mol. The summed E-state index contributed by atoms with van der Waals surface area (Å²) in [6.07, 6.45) is 1.62. The smallest absolute Gasteiger partial charge is 0.239 e. The van der Waals surface area contributed by atoms with E-state index in [0.29, 0.717) is 19.6 Å². The van der Waals surface area contributed by atoms with Gasteiger partial charge < -0.3 is 20.1 Å². The highest BCUT2D eigenvalue weighted by Crippen LogP contribution is 2.16. The molecule has 0 radical (unpaired) electrons. The molecule has 0 aromatic heterocycles. The van der Waals surface area contributed by atoms with Crippen molar-refractivity contribution in [1.29, 1.82) is 0 Å². The highest BCUT2D eigenvalue weighted by atomic mass is 16.5. The third-order valence-corrected chi connectivity index (χ3v) is 3.05. The first kappa shape index (κ1) is 16.3. The Morgan fingerprint density at radius 1 is 1.30 bits per heavy atom. The molecule has 1 aromatic rings. The van der Waals surface area contributed by atoms with Gasteiger partial charge in [-0.05, 0) is 30.7 Å². The largest absolute Gasteiger partial charge is 0.497 e. The van der Waals surface area contributed by atoms with Gasteiger partial charge in [0, 0.05) is 7.05 Å². The number of methoxy groups -OCH3 is 1. The van der Waals surface area contributed by atoms with Crippen LogP contribution in [0.4, 0.5) is 0 Å². The number of rotatable bonds is 8. The Labute approximate surface area is 120 Å². The summed E-state index contributed by atoms with van der Waals surface area (Å²) in [4.78, 5) is 13.5. The lowest BCUT2D eigenvalue weighted by Gasteiger charge is -2.21. The predicted octanol–water partition coefficient (Wildman–Crippen LogP) is 1.66. The van der Waals surface area contributed by atoms with Crippen LogP contribution < -0.4 is 15.2 Å². The number of likely N-dealkylation sites (N-methyl/N-ethyl adjacent to an activating group) is 1. The lowest BCUT2D eigenvalue weighted by molar-refractivity contribution is -0.131. The zero-order valence-corrected chi connectivity index (χ0v) is 12.5. The molecule has 5 nitrogen and oxygen atoms in total. The van der Waals surface area contributed by atoms with E-state index < -0.39 is 6.04 Å². The van der Waals surface area contributed by atoms with E-state index in [4.69, 9.17) is 15.2 Å². The molecule has 0 spiro atoms. The predicted molar refractivity (Wildman–Crippen MR) is 79.0 cm³/mol. The Kier molecular flexibility index (Phi) is 6.87. The third kappa shape index (κ3) is 5.09. The number of hydrogen-bond acceptors (Lipinski definition) is 4. The van der Waals surface area contributed by atoms with Gasteiger partial charge in [-0.3, -0.25) is 4.79 Å². The average molecular weight is 280 g/mol. The van der Waals surface area contributed by atoms with E-state index in [0.717, 1.165) is 17.9 Å². The van der Waals surface area contributed by atoms with Crippen molar-refractivity contribution in [3.05, 3.63) is 24.3 Å². The van der Waals surface area contributed by atoms with Crippen LogP contribution in [-0.4, -0.2) is 44.2 Å². The highest BCUT2D eigenvalue weighted by Gasteiger charge is 2.16. The van der Waals surface area contributed by atoms with Crippen molar-refractivity contribution in [1.82, 2.24) is 4.90 Å². The van der Waals surface area contributed by atoms with E-state index >= 15 is 0 Å². The lowest BCUT2D eigenvalue weighted by Crippen LogP contribution is -2.43. The SMILES string of the molecule is CCCC(N)C(=O)N(C)CCOc1ccc(OC)cc1. The average Bonchev–Trinajstić information content (AvgIpc) is 2.47. The zero-order chi connectivity index (χ0) is 15.0. The highest BCUT2D eigenvalue weighted by molar-refractivity contribution is 5.81. The maximum Gasteiger partial charge on any atom is 0.239 e. The fourth-order valence-electron chi connectivity index (χ4n) is 1.80. The minimum atomic E-state index is -0.411. The number of nitrogens with zero attached hydrogens (tertiary/aromatic N) is 1. The van der Waals surface area contributed by atoms with Gasteiger partial charge in [0.05, 0.1) is 19.7 Å². The Morgan fingerprint density at radius 2 is 1.90 bits per heavy atom. The summed E-state index contributed by atoms with van der Waals surface area (Å²) >= 11 is 0. The number of ether oxygens (including phenoxy) is 2. The van der Waals surface area contributed by atoms with E-state index in [-0.39, 0.29) is 5.91 Å². The van der Waals surface area contributed by atoms with Crippen molar-refractivity contribution in [3.8, 4) is 11.5 Å². The van der Waals surface area contributed by atoms with Gasteiger partial charge in [0.1, 0.15) is 18.1 Å². The van der Waals surface area contributed by atoms with Gasteiger partial charge >= 0.3 is 0 Å². The molecule has 0 aliphatic carbocycles. The normalized spacial score (nSPS) is 11.8. The van der Waals surface area contributed by atoms with Crippen LogP contribution in [0, 0.1) is 0 Å². The second kappa shape index (κ2) is 8.43. The van der Waals surface area contributed by atoms with Gasteiger partial charge in [0.15, 0.2) is 0 Å². The van der Waals surface area contributed by atoms with E-state index in [9.17, 15) is 4.79 Å². The Morgan fingerprint density at radius 3 is 2.45 bits per heavy atom. The van der Waals surface area contributed by atoms with Crippen molar-refractivity contribution >= 4 is 5.91 Å². The summed E-state index contributed by atoms with van der Waals surface area (Å²) in [7, 11) is 3.37. The van der Waals surface area contributed by atoms with Crippen molar-refractivity contribution in [2.45, 2.75) is 25.8 Å². The van der Waals surface area contributed by atoms with Crippen molar-refractivity contribution in [2.24, 2.45) is 5.73 Å². The molecule has 1 atom stereocenters. The van der Waals surface area contributed by atoms with Crippen LogP contribution in [0.2, 0.25) is 0 Å². The topological polar surface area (TPSA) is 64.8 Å². The number of amides is 1. The van der Waals surface area contributed by atoms with Gasteiger partial charge in [0.25, 0.3) is 0 Å². The number of hydrogen-bond donors (Lipinski definition) is 1. The van der Waals surface area contributed by atoms with Crippen molar-refractivity contribution in [3.63, 3.8) is 0 Å². The fourth-order valence-corrected chi connectivity index (χ4v) is 1.80. The molecule has 112 valence electrons. The Hall–Kier alpha value is -1.75. The van der Waals surface area contributed by atoms with Crippen molar-refractivity contribution in [2.75, 3.05) is 27.3 Å². The monoisotopic (exact) mass is 280 g/mol. The number of carbonyl (C=O) groups excluding carboxylic acids is 1. The lowest BCUT2D eigenvalue weighted by atomic mass is 10.1. The number of benzene rings is 1. The van der Waals surface area contributed by atoms with E-state index in [1.807, 2.05) is 31.2 Å². The minimum Gasteiger partial charge on any atom is -0.497 e. The molecule has 0 aliphatic heterocycles. The first-order chi connectivity index (χ1) is 9.58. The standard InChI is InChI=1S/C15H24N2O3/c1-4-5-14(16)15(18)17(2)10-11-20-13-8-6-12(19-3)7-9-13/h6-9,14H,4-5,10-11,16H2,1-3H3. The molecule has 0 heterocycles. The van der Waals surface area contributed by atoms with Crippen LogP contribution in [0.1, 0.15) is 19.8 Å². The van der Waals surface area contributed by atoms with Crippen LogP contribution in [0.25, 0.3) is 0 Å². The van der Waals surface area contributed by atoms with E-state index in [1.54, 1.807) is 19.1 Å². The molecule has 1 rings (SSSR count). The molecule has 20 heavy (non-hydrogen) atoms. The summed E-state index contributed by atoms with van der Waals surface area (Å²) in [5.74, 6) is 1.50. The molecule has 0 aliphatic rings. The second-order valence-corrected chi connectivity index (χ2v) is 4.68. The van der Waals surface area contributed by atoms with Crippen LogP contribution >= 0.6 is 0 Å². The molecule has 2 N–H and O–H groups in total. The van der Waals surface area contributed by atoms with E-state index in [1.165, 1.54) is 0 Å². The van der Waals surface area contributed by atoms with Gasteiger partial charge in [-0.25, -0.2) is 0 Å². The maximum atomic E-state index is 11.9. The van der Waals surface area contributed by atoms with Gasteiger partial charge in [-0.2, -0.15) is 0 Å². The Bertz CT molecular complexity index is 406. The quantitative estimate of drug-likeness (QED) is 0.786. The van der Waals surface area contributed by atoms with Crippen LogP contribution in [0.15, 0.2) is 24.3 Å². The van der Waals surface area contributed by atoms with Crippen LogP contribution in [-0.2, 0) is 4.79 Å². The number of carbonyl (C=O) groups is 1. The maximum absolute atomic E-state index is 11.9. The summed E-state index contributed by atoms with van der Waals surface area (Å²) in [6, 6.07) is 6.93. The van der Waals surface area contributed by atoms with Gasteiger partial charge in [0.2, 0.25) is 5.91 Å². The van der Waals surface area contributed by atoms with Crippen molar-refractivity contribution < 1.29 is 14.3 Å². The molecule has 1 unspecified atom stereocenters. The minimum absolute atomic E-state index is 0.0369. The summed E-state index contributed by atoms with van der Waals surface area (Å²) in [5, 5.41) is 0. The molecule has 0 saturated carbocycles. The summed E-state index contributed by atoms with van der Waals surface area (Å²) in [5.41, 5.74) is 5.80. The second-order valence-electron chi connectivity index (χ2n) is 4.68. The summed E-state index contributed by atoms with van der Waals surface area (Å²) < 4.78 is 10.6.